The van der Waals surface area contributed by atoms with Gasteiger partial charge in [-0.25, -0.2) is 8.42 Å². The third-order valence-corrected chi connectivity index (χ3v) is 8.35. The fourth-order valence-corrected chi connectivity index (χ4v) is 6.77. The molecule has 1 amide bonds. The van der Waals surface area contributed by atoms with Gasteiger partial charge in [0.2, 0.25) is 5.91 Å². The highest BCUT2D eigenvalue weighted by Gasteiger charge is 2.45. The van der Waals surface area contributed by atoms with Crippen LogP contribution in [0, 0.1) is 11.8 Å². The number of hydrogen-bond donors (Lipinski definition) is 1. The van der Waals surface area contributed by atoms with Crippen LogP contribution >= 0.6 is 12.4 Å². The summed E-state index contributed by atoms with van der Waals surface area (Å²) in [4.78, 5) is 14.8. The molecular formula is C17H33ClN2O3S. The topological polar surface area (TPSA) is 80.5 Å². The predicted molar refractivity (Wildman–Crippen MR) is 100 cm³/mol. The number of rotatable bonds is 5. The summed E-state index contributed by atoms with van der Waals surface area (Å²) in [6.45, 7) is 6.85. The lowest BCUT2D eigenvalue weighted by atomic mass is 10.0. The van der Waals surface area contributed by atoms with Crippen LogP contribution in [-0.4, -0.2) is 48.9 Å². The molecule has 0 aromatic carbocycles. The number of nitrogens with zero attached hydrogens (tertiary/aromatic N) is 1. The molecule has 5 nitrogen and oxygen atoms in total. The number of nitrogens with two attached hydrogens (primary N) is 1. The van der Waals surface area contributed by atoms with Crippen molar-refractivity contribution in [2.45, 2.75) is 75.8 Å². The van der Waals surface area contributed by atoms with Crippen molar-refractivity contribution in [3.8, 4) is 0 Å². The largest absolute Gasteiger partial charge is 0.339 e. The molecule has 1 aliphatic heterocycles. The van der Waals surface area contributed by atoms with Crippen LogP contribution in [0.1, 0.15) is 59.3 Å². The van der Waals surface area contributed by atoms with Gasteiger partial charge in [0, 0.05) is 12.6 Å². The van der Waals surface area contributed by atoms with Gasteiger partial charge in [0.15, 0.2) is 9.84 Å². The molecule has 2 fully saturated rings. The number of amides is 1. The van der Waals surface area contributed by atoms with E-state index in [0.29, 0.717) is 31.8 Å². The lowest BCUT2D eigenvalue weighted by molar-refractivity contribution is -0.132. The highest BCUT2D eigenvalue weighted by Crippen LogP contribution is 2.32. The standard InChI is InChI=1S/C17H32N2O3S.ClH/c1-12(2)16(23(21,22)15-7-5-4-6-8-15)17(20)19-11-14(10-18)9-13(19)3;/h12-16H,4-11,18H2,1-3H3;1H. The summed E-state index contributed by atoms with van der Waals surface area (Å²) in [5, 5.41) is -1.24. The van der Waals surface area contributed by atoms with Crippen molar-refractivity contribution < 1.29 is 13.2 Å². The summed E-state index contributed by atoms with van der Waals surface area (Å²) < 4.78 is 26.2. The molecule has 142 valence electrons. The van der Waals surface area contributed by atoms with Gasteiger partial charge in [-0.1, -0.05) is 33.1 Å². The molecule has 3 unspecified atom stereocenters. The zero-order chi connectivity index (χ0) is 17.2. The van der Waals surface area contributed by atoms with Gasteiger partial charge in [0.25, 0.3) is 0 Å². The predicted octanol–water partition coefficient (Wildman–Crippen LogP) is 2.38. The van der Waals surface area contributed by atoms with Crippen molar-refractivity contribution in [2.75, 3.05) is 13.1 Å². The van der Waals surface area contributed by atoms with Gasteiger partial charge < -0.3 is 10.6 Å². The number of hydrogen-bond acceptors (Lipinski definition) is 4. The molecule has 0 aromatic rings. The van der Waals surface area contributed by atoms with Crippen LogP contribution in [0.4, 0.5) is 0 Å². The third kappa shape index (κ3) is 4.44. The van der Waals surface area contributed by atoms with Crippen LogP contribution in [0.2, 0.25) is 0 Å². The van der Waals surface area contributed by atoms with Gasteiger partial charge in [-0.2, -0.15) is 0 Å². The Kier molecular flexibility index (Phi) is 8.01. The van der Waals surface area contributed by atoms with Gasteiger partial charge in [0.1, 0.15) is 5.25 Å². The van der Waals surface area contributed by atoms with E-state index >= 15 is 0 Å². The van der Waals surface area contributed by atoms with Crippen LogP contribution in [0.25, 0.3) is 0 Å². The maximum absolute atomic E-state index is 13.1. The second kappa shape index (κ2) is 8.86. The summed E-state index contributed by atoms with van der Waals surface area (Å²) in [7, 11) is -3.43. The molecule has 24 heavy (non-hydrogen) atoms. The molecule has 0 aromatic heterocycles. The summed E-state index contributed by atoms with van der Waals surface area (Å²) in [5.74, 6) is -0.105. The summed E-state index contributed by atoms with van der Waals surface area (Å²) >= 11 is 0. The Morgan fingerprint density at radius 2 is 1.79 bits per heavy atom. The molecule has 7 heteroatoms. The van der Waals surface area contributed by atoms with Crippen LogP contribution < -0.4 is 5.73 Å². The van der Waals surface area contributed by atoms with Crippen molar-refractivity contribution >= 4 is 28.2 Å². The molecule has 3 atom stereocenters. The third-order valence-electron chi connectivity index (χ3n) is 5.50. The van der Waals surface area contributed by atoms with Crippen molar-refractivity contribution in [3.63, 3.8) is 0 Å². The number of carbonyl (C=O) groups is 1. The van der Waals surface area contributed by atoms with Crippen molar-refractivity contribution in [2.24, 2.45) is 17.6 Å². The summed E-state index contributed by atoms with van der Waals surface area (Å²) in [5.41, 5.74) is 5.74. The first-order valence-electron chi connectivity index (χ1n) is 9.02. The van der Waals surface area contributed by atoms with Crippen molar-refractivity contribution in [1.82, 2.24) is 4.90 Å². The zero-order valence-electron chi connectivity index (χ0n) is 15.1. The van der Waals surface area contributed by atoms with Crippen LogP contribution in [0.15, 0.2) is 0 Å². The molecule has 2 aliphatic rings. The number of likely N-dealkylation sites (tertiary alicyclic amines) is 1. The van der Waals surface area contributed by atoms with Crippen molar-refractivity contribution in [3.05, 3.63) is 0 Å². The molecule has 1 heterocycles. The quantitative estimate of drug-likeness (QED) is 0.793. The Bertz CT molecular complexity index is 518. The lowest BCUT2D eigenvalue weighted by Gasteiger charge is -2.32. The average molecular weight is 381 g/mol. The maximum Gasteiger partial charge on any atom is 0.241 e. The number of sulfone groups is 1. The molecule has 0 spiro atoms. The van der Waals surface area contributed by atoms with E-state index in [-0.39, 0.29) is 35.5 Å². The van der Waals surface area contributed by atoms with E-state index in [0.717, 1.165) is 25.7 Å². The first kappa shape index (κ1) is 21.7. The van der Waals surface area contributed by atoms with Crippen molar-refractivity contribution in [1.29, 1.82) is 0 Å². The van der Waals surface area contributed by atoms with E-state index in [1.54, 1.807) is 4.90 Å². The van der Waals surface area contributed by atoms with E-state index < -0.39 is 15.1 Å². The van der Waals surface area contributed by atoms with Crippen LogP contribution in [0.3, 0.4) is 0 Å². The smallest absolute Gasteiger partial charge is 0.241 e. The fraction of sp³-hybridized carbons (Fsp3) is 0.941. The minimum atomic E-state index is -3.43. The molecule has 0 radical (unpaired) electrons. The van der Waals surface area contributed by atoms with Crippen LogP contribution in [-0.2, 0) is 14.6 Å². The van der Waals surface area contributed by atoms with E-state index in [9.17, 15) is 13.2 Å². The van der Waals surface area contributed by atoms with Gasteiger partial charge in [-0.15, -0.1) is 12.4 Å². The van der Waals surface area contributed by atoms with E-state index in [1.807, 2.05) is 20.8 Å². The second-order valence-electron chi connectivity index (χ2n) is 7.69. The minimum absolute atomic E-state index is 0. The maximum atomic E-state index is 13.1. The van der Waals surface area contributed by atoms with E-state index in [2.05, 4.69) is 0 Å². The zero-order valence-corrected chi connectivity index (χ0v) is 16.7. The Labute approximate surface area is 153 Å². The SMILES string of the molecule is CC(C)C(C(=O)N1CC(CN)CC1C)S(=O)(=O)C1CCCCC1.Cl. The highest BCUT2D eigenvalue weighted by atomic mass is 35.5. The van der Waals surface area contributed by atoms with Gasteiger partial charge in [-0.3, -0.25) is 4.79 Å². The summed E-state index contributed by atoms with van der Waals surface area (Å²) in [6.07, 6.45) is 5.31. The van der Waals surface area contributed by atoms with Crippen LogP contribution in [0.5, 0.6) is 0 Å². The Hall–Kier alpha value is -0.330. The minimum Gasteiger partial charge on any atom is -0.339 e. The fourth-order valence-electron chi connectivity index (χ4n) is 4.19. The van der Waals surface area contributed by atoms with Gasteiger partial charge >= 0.3 is 0 Å². The molecular weight excluding hydrogens is 348 g/mol. The van der Waals surface area contributed by atoms with Gasteiger partial charge in [0.05, 0.1) is 5.25 Å². The Morgan fingerprint density at radius 1 is 1.21 bits per heavy atom. The molecule has 2 rings (SSSR count). The average Bonchev–Trinajstić information content (AvgIpc) is 2.88. The number of carbonyl (C=O) groups excluding carboxylic acids is 1. The Balaban J connectivity index is 0.00000288. The first-order valence-corrected chi connectivity index (χ1v) is 10.6. The number of halogens is 1. The van der Waals surface area contributed by atoms with E-state index in [1.165, 1.54) is 0 Å². The van der Waals surface area contributed by atoms with E-state index in [4.69, 9.17) is 5.73 Å². The molecule has 0 bridgehead atoms. The van der Waals surface area contributed by atoms with Gasteiger partial charge in [-0.05, 0) is 44.6 Å². The monoisotopic (exact) mass is 380 g/mol. The molecule has 1 saturated heterocycles. The molecule has 1 saturated carbocycles. The highest BCUT2D eigenvalue weighted by molar-refractivity contribution is 7.93. The molecule has 2 N–H and O–H groups in total. The normalized spacial score (nSPS) is 27.1. The molecule has 1 aliphatic carbocycles. The lowest BCUT2D eigenvalue weighted by Crippen LogP contribution is -2.50. The first-order chi connectivity index (χ1) is 10.8. The summed E-state index contributed by atoms with van der Waals surface area (Å²) in [6, 6.07) is 0.0823. The second-order valence-corrected chi connectivity index (χ2v) is 10.0. The Morgan fingerprint density at radius 3 is 2.25 bits per heavy atom.